The van der Waals surface area contributed by atoms with Crippen LogP contribution in [0.25, 0.3) is 0 Å². The van der Waals surface area contributed by atoms with Crippen molar-refractivity contribution in [3.05, 3.63) is 22.4 Å². The number of carbonyl (C=O) groups excluding carboxylic acids is 1. The highest BCUT2D eigenvalue weighted by Gasteiger charge is 2.52. The first-order chi connectivity index (χ1) is 14.6. The summed E-state index contributed by atoms with van der Waals surface area (Å²) in [6.45, 7) is 8.79. The molecule has 0 N–H and O–H groups in total. The Morgan fingerprint density at radius 1 is 1.23 bits per heavy atom. The zero-order valence-electron chi connectivity index (χ0n) is 19.0. The van der Waals surface area contributed by atoms with Gasteiger partial charge in [-0.05, 0) is 56.1 Å². The molecule has 31 heavy (non-hydrogen) atoms. The Bertz CT molecular complexity index is 1030. The Balaban J connectivity index is 1.31. The van der Waals surface area contributed by atoms with Gasteiger partial charge in [-0.2, -0.15) is 0 Å². The highest BCUT2D eigenvalue weighted by molar-refractivity contribution is 7.90. The van der Waals surface area contributed by atoms with Gasteiger partial charge in [0.05, 0.1) is 36.3 Å². The lowest BCUT2D eigenvalue weighted by Crippen LogP contribution is -2.40. The van der Waals surface area contributed by atoms with E-state index in [4.69, 9.17) is 9.72 Å². The van der Waals surface area contributed by atoms with Crippen LogP contribution < -0.4 is 4.90 Å². The van der Waals surface area contributed by atoms with Crippen LogP contribution in [0, 0.1) is 25.2 Å². The molecule has 7 nitrogen and oxygen atoms in total. The number of amides is 1. The Hall–Kier alpha value is -1.67. The number of rotatable bonds is 7. The monoisotopic (exact) mass is 447 g/mol. The van der Waals surface area contributed by atoms with Crippen molar-refractivity contribution in [2.24, 2.45) is 11.3 Å². The summed E-state index contributed by atoms with van der Waals surface area (Å²) in [5.41, 5.74) is 3.91. The molecule has 170 valence electrons. The van der Waals surface area contributed by atoms with Crippen LogP contribution in [0.4, 0.5) is 5.82 Å². The van der Waals surface area contributed by atoms with Crippen molar-refractivity contribution in [3.63, 3.8) is 0 Å². The number of hydrogen-bond donors (Lipinski definition) is 0. The maximum atomic E-state index is 12.9. The van der Waals surface area contributed by atoms with Crippen LogP contribution in [-0.2, 0) is 21.1 Å². The first-order valence-electron chi connectivity index (χ1n) is 11.4. The molecule has 3 fully saturated rings. The van der Waals surface area contributed by atoms with Crippen molar-refractivity contribution in [2.45, 2.75) is 65.1 Å². The van der Waals surface area contributed by atoms with Gasteiger partial charge in [0.2, 0.25) is 0 Å². The maximum absolute atomic E-state index is 12.9. The number of piperidine rings is 1. The predicted molar refractivity (Wildman–Crippen MR) is 119 cm³/mol. The molecule has 0 aromatic carbocycles. The summed E-state index contributed by atoms with van der Waals surface area (Å²) in [6, 6.07) is 0.479. The molecular weight excluding hydrogens is 414 g/mol. The molecule has 1 amide bonds. The number of ether oxygens (including phenoxy) is 1. The molecule has 3 heterocycles. The van der Waals surface area contributed by atoms with Gasteiger partial charge in [-0.25, -0.2) is 13.4 Å². The van der Waals surface area contributed by atoms with Crippen molar-refractivity contribution >= 4 is 21.6 Å². The van der Waals surface area contributed by atoms with Crippen LogP contribution in [0.2, 0.25) is 0 Å². The Labute approximate surface area is 185 Å². The average Bonchev–Trinajstić information content (AvgIpc) is 3.61. The first-order valence-corrected chi connectivity index (χ1v) is 13.5. The third-order valence-electron chi connectivity index (χ3n) is 7.73. The Morgan fingerprint density at radius 2 is 1.97 bits per heavy atom. The van der Waals surface area contributed by atoms with Gasteiger partial charge in [0.25, 0.3) is 5.91 Å². The lowest BCUT2D eigenvalue weighted by atomic mass is 10.0. The molecule has 0 bridgehead atoms. The molecule has 2 aliphatic carbocycles. The lowest BCUT2D eigenvalue weighted by molar-refractivity contribution is 0.00311. The van der Waals surface area contributed by atoms with Crippen molar-refractivity contribution in [3.8, 4) is 0 Å². The largest absolute Gasteiger partial charge is 0.377 e. The summed E-state index contributed by atoms with van der Waals surface area (Å²) in [6.07, 6.45) is 6.32. The number of hydrogen-bond acceptors (Lipinski definition) is 6. The van der Waals surface area contributed by atoms with E-state index >= 15 is 0 Å². The van der Waals surface area contributed by atoms with Crippen molar-refractivity contribution in [2.75, 3.05) is 36.6 Å². The number of aromatic nitrogens is 1. The zero-order chi connectivity index (χ0) is 22.1. The molecule has 0 radical (unpaired) electrons. The quantitative estimate of drug-likeness (QED) is 0.639. The summed E-state index contributed by atoms with van der Waals surface area (Å²) in [5.74, 6) is 1.46. The predicted octanol–water partition coefficient (Wildman–Crippen LogP) is 2.48. The van der Waals surface area contributed by atoms with Crippen LogP contribution in [0.3, 0.4) is 0 Å². The van der Waals surface area contributed by atoms with E-state index in [0.29, 0.717) is 35.6 Å². The zero-order valence-corrected chi connectivity index (χ0v) is 19.8. The number of sulfone groups is 1. The molecule has 8 heteroatoms. The topological polar surface area (TPSA) is 79.8 Å². The van der Waals surface area contributed by atoms with E-state index in [1.54, 1.807) is 4.90 Å². The molecule has 1 aromatic rings. The molecule has 2 saturated carbocycles. The second-order valence-electron chi connectivity index (χ2n) is 10.5. The number of fused-ring (bicyclic) bond motifs is 2. The van der Waals surface area contributed by atoms with Gasteiger partial charge >= 0.3 is 0 Å². The SMILES string of the molecule is Cc1c(N2CCC(OCC3(C)CC3)C3CC32)nc2c(c1C)C(=O)N(CCS(C)(=O)=O)C2. The van der Waals surface area contributed by atoms with Crippen LogP contribution >= 0.6 is 0 Å². The number of nitrogens with zero attached hydrogens (tertiary/aromatic N) is 3. The molecule has 0 spiro atoms. The van der Waals surface area contributed by atoms with Gasteiger partial charge in [0, 0.05) is 31.3 Å². The molecule has 3 unspecified atom stereocenters. The van der Waals surface area contributed by atoms with E-state index < -0.39 is 9.84 Å². The number of carbonyl (C=O) groups is 1. The van der Waals surface area contributed by atoms with E-state index in [1.807, 2.05) is 6.92 Å². The highest BCUT2D eigenvalue weighted by atomic mass is 32.2. The van der Waals surface area contributed by atoms with Crippen LogP contribution in [0.5, 0.6) is 0 Å². The van der Waals surface area contributed by atoms with E-state index in [1.165, 1.54) is 19.1 Å². The molecule has 1 aromatic heterocycles. The Morgan fingerprint density at radius 3 is 2.65 bits per heavy atom. The van der Waals surface area contributed by atoms with Crippen molar-refractivity contribution < 1.29 is 17.9 Å². The fourth-order valence-electron chi connectivity index (χ4n) is 5.12. The van der Waals surface area contributed by atoms with Crippen LogP contribution in [0.1, 0.15) is 59.8 Å². The first kappa shape index (κ1) is 21.2. The van der Waals surface area contributed by atoms with Gasteiger partial charge in [-0.15, -0.1) is 0 Å². The average molecular weight is 448 g/mol. The van der Waals surface area contributed by atoms with Crippen LogP contribution in [0.15, 0.2) is 0 Å². The van der Waals surface area contributed by atoms with Crippen molar-refractivity contribution in [1.29, 1.82) is 0 Å². The lowest BCUT2D eigenvalue weighted by Gasteiger charge is -2.34. The van der Waals surface area contributed by atoms with Gasteiger partial charge in [-0.3, -0.25) is 4.79 Å². The van der Waals surface area contributed by atoms with Crippen LogP contribution in [-0.4, -0.2) is 68.1 Å². The number of pyridine rings is 1. The van der Waals surface area contributed by atoms with Gasteiger partial charge < -0.3 is 14.5 Å². The fraction of sp³-hybridized carbons (Fsp3) is 0.739. The van der Waals surface area contributed by atoms with E-state index in [0.717, 1.165) is 48.6 Å². The third-order valence-corrected chi connectivity index (χ3v) is 8.66. The molecule has 2 aliphatic heterocycles. The minimum Gasteiger partial charge on any atom is -0.377 e. The smallest absolute Gasteiger partial charge is 0.256 e. The summed E-state index contributed by atoms with van der Waals surface area (Å²) in [4.78, 5) is 21.9. The Kier molecular flexibility index (Phi) is 4.90. The normalized spacial score (nSPS) is 28.5. The van der Waals surface area contributed by atoms with Gasteiger partial charge in [-0.1, -0.05) is 6.92 Å². The summed E-state index contributed by atoms with van der Waals surface area (Å²) < 4.78 is 29.4. The summed E-state index contributed by atoms with van der Waals surface area (Å²) in [7, 11) is -3.12. The van der Waals surface area contributed by atoms with E-state index in [2.05, 4.69) is 18.7 Å². The van der Waals surface area contributed by atoms with Crippen molar-refractivity contribution in [1.82, 2.24) is 9.88 Å². The van der Waals surface area contributed by atoms with E-state index in [9.17, 15) is 13.2 Å². The molecular formula is C23H33N3O4S. The second-order valence-corrected chi connectivity index (χ2v) is 12.7. The third kappa shape index (κ3) is 3.97. The molecule has 3 atom stereocenters. The standard InChI is InChI=1S/C23H33N3O4S/c1-14-15(2)21(24-17-12-25(22(27)20(14)17)9-10-31(4,28)29)26-8-5-19(16-11-18(16)26)30-13-23(3)6-7-23/h16,18-19H,5-13H2,1-4H3. The molecule has 1 saturated heterocycles. The fourth-order valence-corrected chi connectivity index (χ4v) is 5.68. The summed E-state index contributed by atoms with van der Waals surface area (Å²) >= 11 is 0. The highest BCUT2D eigenvalue weighted by Crippen LogP contribution is 2.50. The van der Waals surface area contributed by atoms with Gasteiger partial charge in [0.15, 0.2) is 0 Å². The minimum absolute atomic E-state index is 0.0199. The molecule has 4 aliphatic rings. The second kappa shape index (κ2) is 7.17. The van der Waals surface area contributed by atoms with E-state index in [-0.39, 0.29) is 18.2 Å². The minimum atomic E-state index is -3.12. The summed E-state index contributed by atoms with van der Waals surface area (Å²) in [5, 5.41) is 0. The van der Waals surface area contributed by atoms with Gasteiger partial charge in [0.1, 0.15) is 15.7 Å². The number of anilines is 1. The maximum Gasteiger partial charge on any atom is 0.256 e. The molecule has 5 rings (SSSR count).